The van der Waals surface area contributed by atoms with E-state index in [1.165, 1.54) is 4.88 Å². The number of carbonyl (C=O) groups is 1. The van der Waals surface area contributed by atoms with Gasteiger partial charge in [0.1, 0.15) is 0 Å². The van der Waals surface area contributed by atoms with Crippen molar-refractivity contribution in [1.82, 2.24) is 4.90 Å². The van der Waals surface area contributed by atoms with E-state index in [0.717, 1.165) is 19.5 Å². The zero-order valence-electron chi connectivity index (χ0n) is 8.98. The number of nitrogens with zero attached hydrogens (tertiary/aromatic N) is 1. The van der Waals surface area contributed by atoms with Gasteiger partial charge in [-0.25, -0.2) is 0 Å². The molecule has 0 unspecified atom stereocenters. The minimum atomic E-state index is -0.718. The third kappa shape index (κ3) is 4.95. The minimum Gasteiger partial charge on any atom is -0.481 e. The van der Waals surface area contributed by atoms with Crippen molar-refractivity contribution in [2.24, 2.45) is 0 Å². The topological polar surface area (TPSA) is 40.5 Å². The van der Waals surface area contributed by atoms with Crippen LogP contribution >= 0.6 is 11.3 Å². The summed E-state index contributed by atoms with van der Waals surface area (Å²) in [5.41, 5.74) is 0. The molecule has 0 aliphatic heterocycles. The van der Waals surface area contributed by atoms with Gasteiger partial charge in [0.25, 0.3) is 0 Å². The molecule has 1 heterocycles. The molecule has 1 rings (SSSR count). The first kappa shape index (κ1) is 12.2. The molecule has 0 spiro atoms. The van der Waals surface area contributed by atoms with Gasteiger partial charge in [0.05, 0.1) is 6.42 Å². The van der Waals surface area contributed by atoms with Gasteiger partial charge in [-0.05, 0) is 24.4 Å². The average Bonchev–Trinajstić information content (AvgIpc) is 2.70. The Morgan fingerprint density at radius 3 is 2.87 bits per heavy atom. The fraction of sp³-hybridized carbons (Fsp3) is 0.545. The summed E-state index contributed by atoms with van der Waals surface area (Å²) in [6.07, 6.45) is 1.25. The van der Waals surface area contributed by atoms with Crippen molar-refractivity contribution < 1.29 is 9.90 Å². The number of hydrogen-bond donors (Lipinski definition) is 1. The molecular formula is C11H17NO2S. The van der Waals surface area contributed by atoms with E-state index in [9.17, 15) is 4.79 Å². The van der Waals surface area contributed by atoms with Crippen LogP contribution in [0.3, 0.4) is 0 Å². The summed E-state index contributed by atoms with van der Waals surface area (Å²) in [6, 6.07) is 4.17. The normalized spacial score (nSPS) is 10.8. The molecule has 0 aliphatic rings. The van der Waals surface area contributed by atoms with Crippen LogP contribution in [-0.4, -0.2) is 35.6 Å². The molecule has 3 nitrogen and oxygen atoms in total. The molecule has 0 fully saturated rings. The third-order valence-corrected chi connectivity index (χ3v) is 3.28. The van der Waals surface area contributed by atoms with Gasteiger partial charge < -0.3 is 10.0 Å². The van der Waals surface area contributed by atoms with Gasteiger partial charge >= 0.3 is 5.97 Å². The standard InChI is InChI=1S/C11H17NO2S/c1-2-12(8-6-11(13)14)7-5-10-4-3-9-15-10/h3-4,9H,2,5-8H2,1H3,(H,13,14). The molecule has 15 heavy (non-hydrogen) atoms. The smallest absolute Gasteiger partial charge is 0.304 e. The average molecular weight is 227 g/mol. The minimum absolute atomic E-state index is 0.234. The fourth-order valence-electron chi connectivity index (χ4n) is 1.40. The highest BCUT2D eigenvalue weighted by Crippen LogP contribution is 2.09. The maximum atomic E-state index is 10.4. The molecule has 0 atom stereocenters. The lowest BCUT2D eigenvalue weighted by Crippen LogP contribution is -2.28. The Balaban J connectivity index is 2.24. The highest BCUT2D eigenvalue weighted by atomic mass is 32.1. The number of aliphatic carboxylic acids is 1. The summed E-state index contributed by atoms with van der Waals surface area (Å²) in [5.74, 6) is -0.718. The Morgan fingerprint density at radius 2 is 2.33 bits per heavy atom. The second-order valence-electron chi connectivity index (χ2n) is 3.41. The van der Waals surface area contributed by atoms with Crippen LogP contribution < -0.4 is 0 Å². The van der Waals surface area contributed by atoms with Gasteiger partial charge in [0, 0.05) is 18.0 Å². The number of likely N-dealkylation sites (N-methyl/N-ethyl adjacent to an activating group) is 1. The molecule has 4 heteroatoms. The Morgan fingerprint density at radius 1 is 1.53 bits per heavy atom. The second-order valence-corrected chi connectivity index (χ2v) is 4.44. The number of thiophene rings is 1. The highest BCUT2D eigenvalue weighted by molar-refractivity contribution is 7.09. The van der Waals surface area contributed by atoms with Crippen molar-refractivity contribution in [1.29, 1.82) is 0 Å². The molecule has 0 saturated heterocycles. The van der Waals surface area contributed by atoms with E-state index in [2.05, 4.69) is 23.3 Å². The lowest BCUT2D eigenvalue weighted by atomic mass is 10.3. The summed E-state index contributed by atoms with van der Waals surface area (Å²) in [7, 11) is 0. The molecule has 1 aromatic heterocycles. The number of rotatable bonds is 7. The summed E-state index contributed by atoms with van der Waals surface area (Å²) in [5, 5.41) is 10.7. The first-order valence-corrected chi connectivity index (χ1v) is 6.07. The summed E-state index contributed by atoms with van der Waals surface area (Å²) >= 11 is 1.76. The van der Waals surface area contributed by atoms with Crippen molar-refractivity contribution in [2.75, 3.05) is 19.6 Å². The van der Waals surface area contributed by atoms with Gasteiger partial charge in [-0.1, -0.05) is 13.0 Å². The van der Waals surface area contributed by atoms with Crippen LogP contribution in [0, 0.1) is 0 Å². The number of carboxylic acids is 1. The molecule has 84 valence electrons. The van der Waals surface area contributed by atoms with Gasteiger partial charge in [-0.3, -0.25) is 4.79 Å². The van der Waals surface area contributed by atoms with E-state index < -0.39 is 5.97 Å². The van der Waals surface area contributed by atoms with E-state index in [4.69, 9.17) is 5.11 Å². The van der Waals surface area contributed by atoms with Crippen LogP contribution in [0.25, 0.3) is 0 Å². The maximum absolute atomic E-state index is 10.4. The zero-order chi connectivity index (χ0) is 11.1. The SMILES string of the molecule is CCN(CCC(=O)O)CCc1cccs1. The fourth-order valence-corrected chi connectivity index (χ4v) is 2.10. The van der Waals surface area contributed by atoms with Crippen molar-refractivity contribution in [3.05, 3.63) is 22.4 Å². The highest BCUT2D eigenvalue weighted by Gasteiger charge is 2.05. The zero-order valence-corrected chi connectivity index (χ0v) is 9.80. The molecule has 0 amide bonds. The number of carboxylic acid groups (broad SMARTS) is 1. The molecule has 0 aromatic carbocycles. The third-order valence-electron chi connectivity index (χ3n) is 2.34. The van der Waals surface area contributed by atoms with Crippen LogP contribution in [0.15, 0.2) is 17.5 Å². The Labute approximate surface area is 94.3 Å². The molecule has 0 saturated carbocycles. The summed E-state index contributed by atoms with van der Waals surface area (Å²) in [6.45, 7) is 4.58. The maximum Gasteiger partial charge on any atom is 0.304 e. The van der Waals surface area contributed by atoms with Crippen molar-refractivity contribution in [3.8, 4) is 0 Å². The van der Waals surface area contributed by atoms with Gasteiger partial charge in [-0.2, -0.15) is 0 Å². The lowest BCUT2D eigenvalue weighted by molar-refractivity contribution is -0.137. The van der Waals surface area contributed by atoms with Gasteiger partial charge in [-0.15, -0.1) is 11.3 Å². The Kier molecular flexibility index (Phi) is 5.36. The van der Waals surface area contributed by atoms with Crippen LogP contribution in [0.4, 0.5) is 0 Å². The van der Waals surface area contributed by atoms with E-state index in [1.54, 1.807) is 11.3 Å². The van der Waals surface area contributed by atoms with Crippen molar-refractivity contribution in [3.63, 3.8) is 0 Å². The van der Waals surface area contributed by atoms with Crippen molar-refractivity contribution in [2.45, 2.75) is 19.8 Å². The monoisotopic (exact) mass is 227 g/mol. The summed E-state index contributed by atoms with van der Waals surface area (Å²) in [4.78, 5) is 14.0. The van der Waals surface area contributed by atoms with E-state index in [0.29, 0.717) is 6.54 Å². The second kappa shape index (κ2) is 6.58. The lowest BCUT2D eigenvalue weighted by Gasteiger charge is -2.18. The molecular weight excluding hydrogens is 210 g/mol. The van der Waals surface area contributed by atoms with Crippen LogP contribution in [-0.2, 0) is 11.2 Å². The van der Waals surface area contributed by atoms with Crippen LogP contribution in [0.5, 0.6) is 0 Å². The van der Waals surface area contributed by atoms with Gasteiger partial charge in [0.2, 0.25) is 0 Å². The quantitative estimate of drug-likeness (QED) is 0.775. The van der Waals surface area contributed by atoms with Crippen LogP contribution in [0.1, 0.15) is 18.2 Å². The van der Waals surface area contributed by atoms with Crippen molar-refractivity contribution >= 4 is 17.3 Å². The van der Waals surface area contributed by atoms with E-state index in [-0.39, 0.29) is 6.42 Å². The first-order chi connectivity index (χ1) is 7.22. The molecule has 1 N–H and O–H groups in total. The predicted molar refractivity (Wildman–Crippen MR) is 62.4 cm³/mol. The largest absolute Gasteiger partial charge is 0.481 e. The van der Waals surface area contributed by atoms with E-state index in [1.807, 2.05) is 6.07 Å². The summed E-state index contributed by atoms with van der Waals surface area (Å²) < 4.78 is 0. The molecule has 1 aromatic rings. The molecule has 0 aliphatic carbocycles. The Bertz CT molecular complexity index is 285. The van der Waals surface area contributed by atoms with Crippen LogP contribution in [0.2, 0.25) is 0 Å². The van der Waals surface area contributed by atoms with E-state index >= 15 is 0 Å². The Hall–Kier alpha value is -0.870. The van der Waals surface area contributed by atoms with Gasteiger partial charge in [0.15, 0.2) is 0 Å². The molecule has 0 radical (unpaired) electrons. The molecule has 0 bridgehead atoms. The predicted octanol–water partition coefficient (Wildman–Crippen LogP) is 2.09. The number of hydrogen-bond acceptors (Lipinski definition) is 3. The first-order valence-electron chi connectivity index (χ1n) is 5.19.